The molecule has 0 spiro atoms. The number of aromatic nitrogens is 1. The number of nitrogens with one attached hydrogen (secondary N) is 1. The average Bonchev–Trinajstić information content (AvgIpc) is 2.63. The van der Waals surface area contributed by atoms with E-state index in [4.69, 9.17) is 0 Å². The number of anilines is 1. The van der Waals surface area contributed by atoms with Crippen molar-refractivity contribution in [3.8, 4) is 0 Å². The predicted molar refractivity (Wildman–Crippen MR) is 98.6 cm³/mol. The normalized spacial score (nSPS) is 21.0. The van der Waals surface area contributed by atoms with Crippen LogP contribution in [0.15, 0.2) is 47.3 Å². The Labute approximate surface area is 151 Å². The molecule has 0 aliphatic carbocycles. The fourth-order valence-electron chi connectivity index (χ4n) is 4.05. The zero-order valence-electron chi connectivity index (χ0n) is 14.6. The minimum Gasteiger partial charge on any atom is -0.324 e. The highest BCUT2D eigenvalue weighted by Gasteiger charge is 2.36. The van der Waals surface area contributed by atoms with Crippen LogP contribution < -0.4 is 10.9 Å². The lowest BCUT2D eigenvalue weighted by atomic mass is 9.83. The predicted octanol–water partition coefficient (Wildman–Crippen LogP) is 2.70. The molecule has 1 fully saturated rings. The second kappa shape index (κ2) is 6.44. The number of pyridine rings is 1. The van der Waals surface area contributed by atoms with E-state index in [9.17, 15) is 14.4 Å². The number of fused-ring (bicyclic) bond motifs is 4. The zero-order valence-corrected chi connectivity index (χ0v) is 14.6. The third-order valence-electron chi connectivity index (χ3n) is 5.31. The van der Waals surface area contributed by atoms with Crippen LogP contribution in [0.1, 0.15) is 35.3 Å². The van der Waals surface area contributed by atoms with Gasteiger partial charge in [0.05, 0.1) is 0 Å². The lowest BCUT2D eigenvalue weighted by Gasteiger charge is -2.42. The number of likely N-dealkylation sites (tertiary alicyclic amines) is 1. The zero-order chi connectivity index (χ0) is 18.3. The molecule has 2 amide bonds. The lowest BCUT2D eigenvalue weighted by Crippen LogP contribution is -2.50. The summed E-state index contributed by atoms with van der Waals surface area (Å²) in [6.45, 7) is 3.44. The number of ketones is 1. The van der Waals surface area contributed by atoms with E-state index >= 15 is 0 Å². The number of carbonyl (C=O) groups is 2. The molecule has 0 saturated carbocycles. The number of nitrogens with zero attached hydrogens (tertiary/aromatic N) is 2. The first kappa shape index (κ1) is 16.6. The number of hydrogen-bond donors (Lipinski definition) is 1. The van der Waals surface area contributed by atoms with E-state index < -0.39 is 0 Å². The van der Waals surface area contributed by atoms with Crippen LogP contribution >= 0.6 is 0 Å². The van der Waals surface area contributed by atoms with Gasteiger partial charge in [-0.25, -0.2) is 4.79 Å². The van der Waals surface area contributed by atoms with Gasteiger partial charge in [0.15, 0.2) is 5.78 Å². The van der Waals surface area contributed by atoms with Gasteiger partial charge >= 0.3 is 6.03 Å². The summed E-state index contributed by atoms with van der Waals surface area (Å²) in [5.74, 6) is 0.495. The Morgan fingerprint density at radius 2 is 1.81 bits per heavy atom. The minimum absolute atomic E-state index is 0.000593. The van der Waals surface area contributed by atoms with Gasteiger partial charge < -0.3 is 14.8 Å². The Morgan fingerprint density at radius 3 is 2.54 bits per heavy atom. The highest BCUT2D eigenvalue weighted by Crippen LogP contribution is 2.35. The molecule has 1 saturated heterocycles. The Hall–Kier alpha value is -2.89. The fraction of sp³-hybridized carbons (Fsp3) is 0.350. The summed E-state index contributed by atoms with van der Waals surface area (Å²) < 4.78 is 1.86. The van der Waals surface area contributed by atoms with Crippen LogP contribution in [0, 0.1) is 5.92 Å². The van der Waals surface area contributed by atoms with Gasteiger partial charge in [0, 0.05) is 48.6 Å². The maximum Gasteiger partial charge on any atom is 0.321 e. The molecule has 0 unspecified atom stereocenters. The largest absolute Gasteiger partial charge is 0.324 e. The smallest absolute Gasteiger partial charge is 0.321 e. The molecule has 26 heavy (non-hydrogen) atoms. The van der Waals surface area contributed by atoms with Gasteiger partial charge in [-0.05, 0) is 49.6 Å². The van der Waals surface area contributed by atoms with E-state index in [0.717, 1.165) is 12.1 Å². The molecular weight excluding hydrogens is 330 g/mol. The molecule has 2 aliphatic rings. The van der Waals surface area contributed by atoms with Crippen molar-refractivity contribution >= 4 is 17.5 Å². The van der Waals surface area contributed by atoms with Crippen LogP contribution in [0.3, 0.4) is 0 Å². The summed E-state index contributed by atoms with van der Waals surface area (Å²) in [5, 5.41) is 2.91. The van der Waals surface area contributed by atoms with Gasteiger partial charge in [0.1, 0.15) is 0 Å². The van der Waals surface area contributed by atoms with E-state index in [1.54, 1.807) is 36.4 Å². The average molecular weight is 351 g/mol. The number of carbonyl (C=O) groups excluding carboxylic acids is 2. The molecule has 4 rings (SSSR count). The van der Waals surface area contributed by atoms with Crippen LogP contribution in [-0.4, -0.2) is 34.4 Å². The lowest BCUT2D eigenvalue weighted by molar-refractivity contribution is 0.101. The van der Waals surface area contributed by atoms with Gasteiger partial charge in [0.25, 0.3) is 5.56 Å². The van der Waals surface area contributed by atoms with Gasteiger partial charge in [-0.2, -0.15) is 0 Å². The summed E-state index contributed by atoms with van der Waals surface area (Å²) >= 11 is 0. The number of amides is 2. The highest BCUT2D eigenvalue weighted by molar-refractivity contribution is 5.95. The summed E-state index contributed by atoms with van der Waals surface area (Å²) in [6, 6.07) is 12.2. The Morgan fingerprint density at radius 1 is 1.04 bits per heavy atom. The number of rotatable bonds is 2. The SMILES string of the molecule is CC(=O)c1ccc(NC(=O)N2C[C@H]3C[C@@H](C2)c2cccc(=O)n2C3)cc1. The number of urea groups is 1. The Kier molecular flexibility index (Phi) is 4.11. The molecule has 3 heterocycles. The number of benzene rings is 1. The van der Waals surface area contributed by atoms with Crippen LogP contribution in [-0.2, 0) is 6.54 Å². The molecule has 2 atom stereocenters. The summed E-state index contributed by atoms with van der Waals surface area (Å²) in [6.07, 6.45) is 1.01. The van der Waals surface area contributed by atoms with Crippen LogP contribution in [0.25, 0.3) is 0 Å². The molecule has 6 heteroatoms. The van der Waals surface area contributed by atoms with Crippen LogP contribution in [0.4, 0.5) is 10.5 Å². The molecule has 2 aliphatic heterocycles. The standard InChI is InChI=1S/C20H21N3O3/c1-13(24)15-5-7-17(8-6-15)21-20(26)22-10-14-9-16(12-22)18-3-2-4-19(25)23(18)11-14/h2-8,14,16H,9-12H2,1H3,(H,21,26)/t14-,16+/m1/s1. The Bertz CT molecular complexity index is 917. The van der Waals surface area contributed by atoms with E-state index in [0.29, 0.717) is 36.8 Å². The second-order valence-electron chi connectivity index (χ2n) is 7.17. The van der Waals surface area contributed by atoms with E-state index in [1.807, 2.05) is 15.5 Å². The molecule has 2 bridgehead atoms. The van der Waals surface area contributed by atoms with Crippen molar-refractivity contribution in [2.75, 3.05) is 18.4 Å². The van der Waals surface area contributed by atoms with Crippen LogP contribution in [0.2, 0.25) is 0 Å². The van der Waals surface area contributed by atoms with Crippen molar-refractivity contribution in [1.82, 2.24) is 9.47 Å². The molecule has 1 aromatic heterocycles. The minimum atomic E-state index is -0.137. The fourth-order valence-corrected chi connectivity index (χ4v) is 4.05. The van der Waals surface area contributed by atoms with Crippen molar-refractivity contribution in [1.29, 1.82) is 0 Å². The van der Waals surface area contributed by atoms with Crippen LogP contribution in [0.5, 0.6) is 0 Å². The molecule has 1 aromatic carbocycles. The highest BCUT2D eigenvalue weighted by atomic mass is 16.2. The van der Waals surface area contributed by atoms with E-state index in [1.165, 1.54) is 6.92 Å². The third-order valence-corrected chi connectivity index (χ3v) is 5.31. The maximum atomic E-state index is 12.7. The first-order valence-electron chi connectivity index (χ1n) is 8.88. The van der Waals surface area contributed by atoms with Crippen molar-refractivity contribution in [3.05, 3.63) is 64.1 Å². The second-order valence-corrected chi connectivity index (χ2v) is 7.17. The summed E-state index contributed by atoms with van der Waals surface area (Å²) in [4.78, 5) is 37.9. The summed E-state index contributed by atoms with van der Waals surface area (Å²) in [7, 11) is 0. The van der Waals surface area contributed by atoms with Gasteiger partial charge in [-0.1, -0.05) is 6.07 Å². The van der Waals surface area contributed by atoms with Crippen molar-refractivity contribution in [3.63, 3.8) is 0 Å². The number of Topliss-reactive ketones (excluding diaryl/α,β-unsaturated/α-hetero) is 1. The number of hydrogen-bond acceptors (Lipinski definition) is 3. The molecule has 0 radical (unpaired) electrons. The van der Waals surface area contributed by atoms with E-state index in [-0.39, 0.29) is 23.3 Å². The first-order valence-corrected chi connectivity index (χ1v) is 8.88. The molecule has 134 valence electrons. The third kappa shape index (κ3) is 3.03. The molecular formula is C20H21N3O3. The Balaban J connectivity index is 1.49. The van der Waals surface area contributed by atoms with Crippen molar-refractivity contribution < 1.29 is 9.59 Å². The molecule has 6 nitrogen and oxygen atoms in total. The quantitative estimate of drug-likeness (QED) is 0.846. The first-order chi connectivity index (χ1) is 12.5. The van der Waals surface area contributed by atoms with Gasteiger partial charge in [0.2, 0.25) is 0 Å². The molecule has 2 aromatic rings. The topological polar surface area (TPSA) is 71.4 Å². The molecule has 1 N–H and O–H groups in total. The van der Waals surface area contributed by atoms with Crippen molar-refractivity contribution in [2.45, 2.75) is 25.8 Å². The number of piperidine rings is 1. The maximum absolute atomic E-state index is 12.7. The summed E-state index contributed by atoms with van der Waals surface area (Å²) in [5.41, 5.74) is 2.36. The van der Waals surface area contributed by atoms with Gasteiger partial charge in [-0.15, -0.1) is 0 Å². The van der Waals surface area contributed by atoms with E-state index in [2.05, 4.69) is 5.32 Å². The van der Waals surface area contributed by atoms with Gasteiger partial charge in [-0.3, -0.25) is 9.59 Å². The van der Waals surface area contributed by atoms with Crippen molar-refractivity contribution in [2.24, 2.45) is 5.92 Å². The monoisotopic (exact) mass is 351 g/mol.